The second-order valence-electron chi connectivity index (χ2n) is 7.79. The second kappa shape index (κ2) is 6.82. The summed E-state index contributed by atoms with van der Waals surface area (Å²) in [6, 6.07) is 6.99. The maximum absolute atomic E-state index is 12.3. The first-order valence-electron chi connectivity index (χ1n) is 9.52. The molecule has 1 saturated carbocycles. The molecule has 2 aliphatic heterocycles. The number of esters is 1. The van der Waals surface area contributed by atoms with Gasteiger partial charge in [-0.05, 0) is 56.7 Å². The predicted octanol–water partition coefficient (Wildman–Crippen LogP) is 1.57. The molecule has 0 spiro atoms. The summed E-state index contributed by atoms with van der Waals surface area (Å²) in [5, 5.41) is 14.8. The van der Waals surface area contributed by atoms with E-state index in [1.807, 2.05) is 0 Å². The molecule has 0 unspecified atom stereocenters. The highest BCUT2D eigenvalue weighted by molar-refractivity contribution is 6.05. The topological polar surface area (TPSA) is 112 Å². The van der Waals surface area contributed by atoms with Crippen molar-refractivity contribution in [2.75, 3.05) is 23.4 Å². The van der Waals surface area contributed by atoms with Crippen LogP contribution in [0.5, 0.6) is 0 Å². The van der Waals surface area contributed by atoms with Gasteiger partial charge in [0.2, 0.25) is 5.91 Å². The molecule has 2 atom stereocenters. The molecule has 1 aromatic carbocycles. The lowest BCUT2D eigenvalue weighted by molar-refractivity contribution is -0.125. The van der Waals surface area contributed by atoms with E-state index in [0.29, 0.717) is 5.69 Å². The van der Waals surface area contributed by atoms with Gasteiger partial charge in [0, 0.05) is 6.54 Å². The van der Waals surface area contributed by atoms with Crippen LogP contribution >= 0.6 is 0 Å². The average Bonchev–Trinajstić information content (AvgIpc) is 3.43. The van der Waals surface area contributed by atoms with Crippen LogP contribution in [0.25, 0.3) is 0 Å². The third kappa shape index (κ3) is 3.28. The van der Waals surface area contributed by atoms with Gasteiger partial charge in [0.05, 0.1) is 23.0 Å². The number of benzene rings is 1. The zero-order valence-electron chi connectivity index (χ0n) is 15.7. The Morgan fingerprint density at radius 2 is 2.18 bits per heavy atom. The highest BCUT2D eigenvalue weighted by atomic mass is 16.5. The number of ether oxygens (including phenoxy) is 1. The first-order chi connectivity index (χ1) is 13.4. The number of carbonyl (C=O) groups is 3. The van der Waals surface area contributed by atoms with Crippen LogP contribution in [0.15, 0.2) is 18.2 Å². The van der Waals surface area contributed by atoms with E-state index < -0.39 is 24.0 Å². The van der Waals surface area contributed by atoms with Crippen molar-refractivity contribution in [3.63, 3.8) is 0 Å². The van der Waals surface area contributed by atoms with Crippen molar-refractivity contribution in [1.29, 1.82) is 5.26 Å². The molecule has 2 N–H and O–H groups in total. The highest BCUT2D eigenvalue weighted by Crippen LogP contribution is 2.39. The minimum Gasteiger partial charge on any atom is -0.452 e. The largest absolute Gasteiger partial charge is 0.452 e. The van der Waals surface area contributed by atoms with Crippen molar-refractivity contribution in [1.82, 2.24) is 5.32 Å². The molecule has 1 aromatic rings. The average molecular weight is 382 g/mol. The number of anilines is 2. The Hall–Kier alpha value is -3.08. The molecular weight excluding hydrogens is 360 g/mol. The maximum Gasteiger partial charge on any atom is 0.338 e. The zero-order chi connectivity index (χ0) is 19.9. The molecule has 0 aromatic heterocycles. The molecule has 2 fully saturated rings. The Bertz CT molecular complexity index is 889. The maximum atomic E-state index is 12.3. The van der Waals surface area contributed by atoms with Crippen molar-refractivity contribution >= 4 is 29.2 Å². The quantitative estimate of drug-likeness (QED) is 0.748. The van der Waals surface area contributed by atoms with Crippen molar-refractivity contribution in [3.05, 3.63) is 23.8 Å². The third-order valence-corrected chi connectivity index (χ3v) is 5.71. The van der Waals surface area contributed by atoms with E-state index in [9.17, 15) is 19.6 Å². The van der Waals surface area contributed by atoms with Crippen LogP contribution in [0.1, 0.15) is 43.0 Å². The summed E-state index contributed by atoms with van der Waals surface area (Å²) in [5.41, 5.74) is 0.805. The molecule has 1 saturated heterocycles. The van der Waals surface area contributed by atoms with Crippen LogP contribution in [0.3, 0.4) is 0 Å². The SMILES string of the molecule is C[C@@](C#N)(NC(=O)COC(=O)c1ccc2c(c1)NC(=O)[C@@H]1CCCN21)C1CC1. The Morgan fingerprint density at radius 3 is 2.89 bits per heavy atom. The van der Waals surface area contributed by atoms with Crippen LogP contribution < -0.4 is 15.5 Å². The number of hydrogen-bond acceptors (Lipinski definition) is 6. The summed E-state index contributed by atoms with van der Waals surface area (Å²) < 4.78 is 5.10. The van der Waals surface area contributed by atoms with Crippen LogP contribution in [0.4, 0.5) is 11.4 Å². The number of rotatable bonds is 5. The summed E-state index contributed by atoms with van der Waals surface area (Å²) in [6.45, 7) is 2.04. The van der Waals surface area contributed by atoms with Gasteiger partial charge in [0.25, 0.3) is 5.91 Å². The molecule has 146 valence electrons. The Morgan fingerprint density at radius 1 is 1.39 bits per heavy atom. The Balaban J connectivity index is 1.39. The first-order valence-corrected chi connectivity index (χ1v) is 9.52. The van der Waals surface area contributed by atoms with Gasteiger partial charge in [-0.3, -0.25) is 9.59 Å². The van der Waals surface area contributed by atoms with Gasteiger partial charge in [-0.15, -0.1) is 0 Å². The lowest BCUT2D eigenvalue weighted by Crippen LogP contribution is -2.48. The lowest BCUT2D eigenvalue weighted by Gasteiger charge is -2.33. The van der Waals surface area contributed by atoms with E-state index in [1.54, 1.807) is 25.1 Å². The van der Waals surface area contributed by atoms with Crippen molar-refractivity contribution in [3.8, 4) is 6.07 Å². The fraction of sp³-hybridized carbons (Fsp3) is 0.500. The predicted molar refractivity (Wildman–Crippen MR) is 101 cm³/mol. The number of amides is 2. The zero-order valence-corrected chi connectivity index (χ0v) is 15.7. The van der Waals surface area contributed by atoms with Crippen LogP contribution in [-0.4, -0.2) is 42.5 Å². The Labute approximate surface area is 162 Å². The standard InChI is InChI=1S/C20H22N4O4/c1-20(11-21,13-5-6-13)23-17(25)10-28-19(27)12-4-7-15-14(9-12)22-18(26)16-3-2-8-24(15)16/h4,7,9,13,16H,2-3,5-6,8,10H2,1H3,(H,22,26)(H,23,25)/t16-,20-/m0/s1. The van der Waals surface area contributed by atoms with Gasteiger partial charge in [-0.25, -0.2) is 4.79 Å². The summed E-state index contributed by atoms with van der Waals surface area (Å²) in [4.78, 5) is 38.7. The number of fused-ring (bicyclic) bond motifs is 3. The molecule has 0 radical (unpaired) electrons. The highest BCUT2D eigenvalue weighted by Gasteiger charge is 2.43. The summed E-state index contributed by atoms with van der Waals surface area (Å²) in [7, 11) is 0. The molecule has 8 nitrogen and oxygen atoms in total. The van der Waals surface area contributed by atoms with Crippen LogP contribution in [0.2, 0.25) is 0 Å². The van der Waals surface area contributed by atoms with Crippen LogP contribution in [0, 0.1) is 17.2 Å². The van der Waals surface area contributed by atoms with E-state index >= 15 is 0 Å². The van der Waals surface area contributed by atoms with Gasteiger partial charge in [0.1, 0.15) is 11.6 Å². The van der Waals surface area contributed by atoms with E-state index in [4.69, 9.17) is 4.74 Å². The normalized spacial score (nSPS) is 22.2. The first kappa shape index (κ1) is 18.3. The third-order valence-electron chi connectivity index (χ3n) is 5.71. The minimum absolute atomic E-state index is 0.0641. The lowest BCUT2D eigenvalue weighted by atomic mass is 9.98. The number of hydrogen-bond donors (Lipinski definition) is 2. The second-order valence-corrected chi connectivity index (χ2v) is 7.79. The summed E-state index contributed by atoms with van der Waals surface area (Å²) in [6.07, 6.45) is 3.59. The molecule has 8 heteroatoms. The van der Waals surface area contributed by atoms with E-state index in [1.165, 1.54) is 0 Å². The molecule has 28 heavy (non-hydrogen) atoms. The number of nitrogens with one attached hydrogen (secondary N) is 2. The van der Waals surface area contributed by atoms with Crippen LogP contribution in [-0.2, 0) is 14.3 Å². The fourth-order valence-electron chi connectivity index (χ4n) is 3.98. The fourth-order valence-corrected chi connectivity index (χ4v) is 3.98. The molecule has 0 bridgehead atoms. The molecular formula is C20H22N4O4. The Kier molecular flexibility index (Phi) is 4.46. The van der Waals surface area contributed by atoms with Gasteiger partial charge in [-0.2, -0.15) is 5.26 Å². The van der Waals surface area contributed by atoms with Crippen molar-refractivity contribution < 1.29 is 19.1 Å². The summed E-state index contributed by atoms with van der Waals surface area (Å²) >= 11 is 0. The molecule has 2 heterocycles. The molecule has 3 aliphatic rings. The van der Waals surface area contributed by atoms with Gasteiger partial charge in [0.15, 0.2) is 6.61 Å². The smallest absolute Gasteiger partial charge is 0.338 e. The van der Waals surface area contributed by atoms with E-state index in [-0.39, 0.29) is 23.4 Å². The number of carbonyl (C=O) groups excluding carboxylic acids is 3. The monoisotopic (exact) mass is 382 g/mol. The van der Waals surface area contributed by atoms with Gasteiger partial charge < -0.3 is 20.3 Å². The molecule has 2 amide bonds. The van der Waals surface area contributed by atoms with E-state index in [0.717, 1.165) is 37.9 Å². The van der Waals surface area contributed by atoms with E-state index in [2.05, 4.69) is 21.6 Å². The molecule has 4 rings (SSSR count). The van der Waals surface area contributed by atoms with Crippen molar-refractivity contribution in [2.24, 2.45) is 5.92 Å². The van der Waals surface area contributed by atoms with Gasteiger partial charge >= 0.3 is 5.97 Å². The van der Waals surface area contributed by atoms with Crippen molar-refractivity contribution in [2.45, 2.75) is 44.2 Å². The summed E-state index contributed by atoms with van der Waals surface area (Å²) in [5.74, 6) is -1.07. The number of nitriles is 1. The number of nitrogens with zero attached hydrogens (tertiary/aromatic N) is 2. The minimum atomic E-state index is -0.925. The molecule has 1 aliphatic carbocycles. The van der Waals surface area contributed by atoms with Gasteiger partial charge in [-0.1, -0.05) is 0 Å².